The number of nitrogens with zero attached hydrogens (tertiary/aromatic N) is 2. The van der Waals surface area contributed by atoms with Crippen LogP contribution in [0.1, 0.15) is 19.3 Å². The second kappa shape index (κ2) is 12.2. The number of piperidine rings is 1. The maximum absolute atomic E-state index is 5.04. The van der Waals surface area contributed by atoms with Crippen molar-refractivity contribution < 1.29 is 0 Å². The Bertz CT molecular complexity index is 195. The summed E-state index contributed by atoms with van der Waals surface area (Å²) in [6.07, 6.45) is 11.8. The van der Waals surface area contributed by atoms with Gasteiger partial charge in [-0.25, -0.2) is 0 Å². The Morgan fingerprint density at radius 2 is 1.47 bits per heavy atom. The summed E-state index contributed by atoms with van der Waals surface area (Å²) >= 11 is -3.29. The van der Waals surface area contributed by atoms with Gasteiger partial charge < -0.3 is 10.6 Å². The van der Waals surface area contributed by atoms with E-state index >= 15 is 0 Å². The molecule has 100 valence electrons. The molecule has 0 unspecified atom stereocenters. The molecule has 1 saturated heterocycles. The van der Waals surface area contributed by atoms with Crippen molar-refractivity contribution >= 4 is 49.6 Å². The van der Waals surface area contributed by atoms with E-state index in [0.717, 1.165) is 19.6 Å². The maximum atomic E-state index is 5.04. The fourth-order valence-electron chi connectivity index (χ4n) is 1.11. The third kappa shape index (κ3) is 22.8. The van der Waals surface area contributed by atoms with Gasteiger partial charge in [0.05, 0.1) is 0 Å². The summed E-state index contributed by atoms with van der Waals surface area (Å²) in [4.78, 5) is 0. The van der Waals surface area contributed by atoms with Gasteiger partial charge in [0.1, 0.15) is 0 Å². The average molecular weight is 425 g/mol. The zero-order valence-electron chi connectivity index (χ0n) is 9.46. The van der Waals surface area contributed by atoms with Gasteiger partial charge in [-0.3, -0.25) is 0 Å². The van der Waals surface area contributed by atoms with Crippen LogP contribution >= 0.6 is 35.7 Å². The Labute approximate surface area is 122 Å². The molecule has 2 rings (SSSR count). The van der Waals surface area contributed by atoms with Crippen LogP contribution in [-0.2, 0) is 0 Å². The summed E-state index contributed by atoms with van der Waals surface area (Å²) in [7, 11) is 20.1. The average Bonchev–Trinajstić information content (AvgIpc) is 2.32. The quantitative estimate of drug-likeness (QED) is 0.468. The van der Waals surface area contributed by atoms with Crippen molar-refractivity contribution in [2.24, 2.45) is 0 Å². The summed E-state index contributed by atoms with van der Waals surface area (Å²) in [5.74, 6) is 0. The predicted octanol–water partition coefficient (Wildman–Crippen LogP) is 5.36. The van der Waals surface area contributed by atoms with Gasteiger partial charge in [0.25, 0.3) is 0 Å². The van der Waals surface area contributed by atoms with Crippen LogP contribution in [0.2, 0.25) is 0 Å². The van der Waals surface area contributed by atoms with Gasteiger partial charge in [-0.2, -0.15) is 6.20 Å². The number of hydrogen-bond acceptors (Lipinski definition) is 0. The van der Waals surface area contributed by atoms with E-state index in [-0.39, 0.29) is 0 Å². The SMILES string of the molecule is C1=CC[N-]C=C1.C1CC[N-]CC1.[Cl][Sn]([Cl])([Cl])[Cl]. The normalized spacial score (nSPS) is 18.1. The summed E-state index contributed by atoms with van der Waals surface area (Å²) in [5.41, 5.74) is 0. The van der Waals surface area contributed by atoms with E-state index in [4.69, 9.17) is 35.7 Å². The summed E-state index contributed by atoms with van der Waals surface area (Å²) in [6.45, 7) is 3.11. The predicted molar refractivity (Wildman–Crippen MR) is 82.6 cm³/mol. The van der Waals surface area contributed by atoms with Crippen LogP contribution in [0.3, 0.4) is 0 Å². The van der Waals surface area contributed by atoms with Crippen LogP contribution in [0.15, 0.2) is 24.4 Å². The van der Waals surface area contributed by atoms with Crippen LogP contribution in [-0.4, -0.2) is 33.5 Å². The Balaban J connectivity index is 0.000000228. The third-order valence-corrected chi connectivity index (χ3v) is 1.78. The molecule has 2 heterocycles. The molecular weight excluding hydrogens is 409 g/mol. The van der Waals surface area contributed by atoms with Gasteiger partial charge in [0.2, 0.25) is 0 Å². The Kier molecular flexibility index (Phi) is 13.1. The molecule has 0 N–H and O–H groups in total. The Morgan fingerprint density at radius 3 is 1.59 bits per heavy atom. The molecule has 17 heavy (non-hydrogen) atoms. The molecule has 0 aromatic rings. The summed E-state index contributed by atoms with van der Waals surface area (Å²) in [5, 5.41) is 8.09. The van der Waals surface area contributed by atoms with Gasteiger partial charge in [-0.15, -0.1) is 25.7 Å². The van der Waals surface area contributed by atoms with E-state index in [0.29, 0.717) is 0 Å². The number of allylic oxidation sites excluding steroid dienone is 2. The standard InChI is InChI=1S/C5H10N.C5H6N.4ClH.Sn/c2*1-2-4-6-5-3-1;;;;;/h1-5H2;1-4H,5H2;4*1H;/q2*-1;;;;;+4/p-4. The first-order valence-corrected chi connectivity index (χ1v) is 19.8. The van der Waals surface area contributed by atoms with Crippen LogP contribution in [0.4, 0.5) is 0 Å². The summed E-state index contributed by atoms with van der Waals surface area (Å²) < 4.78 is 0. The van der Waals surface area contributed by atoms with E-state index in [1.807, 2.05) is 18.2 Å². The van der Waals surface area contributed by atoms with E-state index in [9.17, 15) is 0 Å². The molecular formula is C10H16Cl4N2Sn-2. The van der Waals surface area contributed by atoms with Crippen molar-refractivity contribution in [3.05, 3.63) is 35.1 Å². The molecule has 2 aliphatic rings. The zero-order valence-corrected chi connectivity index (χ0v) is 15.3. The minimum atomic E-state index is -3.29. The van der Waals surface area contributed by atoms with E-state index in [1.54, 1.807) is 6.20 Å². The van der Waals surface area contributed by atoms with Crippen LogP contribution < -0.4 is 0 Å². The van der Waals surface area contributed by atoms with Crippen molar-refractivity contribution in [2.75, 3.05) is 19.6 Å². The Hall–Kier alpha value is 1.20. The van der Waals surface area contributed by atoms with Crippen molar-refractivity contribution in [2.45, 2.75) is 19.3 Å². The molecule has 0 aromatic carbocycles. The molecule has 0 aliphatic carbocycles. The molecule has 0 radical (unpaired) electrons. The monoisotopic (exact) mass is 424 g/mol. The van der Waals surface area contributed by atoms with Crippen molar-refractivity contribution in [1.82, 2.24) is 0 Å². The zero-order chi connectivity index (χ0) is 13.0. The molecule has 0 amide bonds. The second-order valence-corrected chi connectivity index (χ2v) is 28.7. The fourth-order valence-corrected chi connectivity index (χ4v) is 1.11. The van der Waals surface area contributed by atoms with Gasteiger partial charge in [-0.1, -0.05) is 31.4 Å². The molecule has 0 atom stereocenters. The van der Waals surface area contributed by atoms with Crippen LogP contribution in [0.5, 0.6) is 0 Å². The Morgan fingerprint density at radius 1 is 0.882 bits per heavy atom. The number of rotatable bonds is 0. The summed E-state index contributed by atoms with van der Waals surface area (Å²) in [6, 6.07) is 0. The first-order valence-electron chi connectivity index (χ1n) is 5.37. The first-order chi connectivity index (χ1) is 8.00. The van der Waals surface area contributed by atoms with Crippen LogP contribution in [0.25, 0.3) is 10.6 Å². The van der Waals surface area contributed by atoms with Crippen LogP contribution in [0, 0.1) is 0 Å². The van der Waals surface area contributed by atoms with Gasteiger partial charge >= 0.3 is 49.6 Å². The number of halogens is 4. The molecule has 2 aliphatic heterocycles. The minimum absolute atomic E-state index is 0.858. The fraction of sp³-hybridized carbons (Fsp3) is 0.600. The van der Waals surface area contributed by atoms with Gasteiger partial charge in [-0.05, 0) is 0 Å². The topological polar surface area (TPSA) is 28.2 Å². The van der Waals surface area contributed by atoms with Crippen molar-refractivity contribution in [3.8, 4) is 0 Å². The van der Waals surface area contributed by atoms with Gasteiger partial charge in [0, 0.05) is 0 Å². The van der Waals surface area contributed by atoms with Crippen molar-refractivity contribution in [1.29, 1.82) is 0 Å². The molecule has 1 fully saturated rings. The third-order valence-electron chi connectivity index (χ3n) is 1.78. The molecule has 0 bridgehead atoms. The van der Waals surface area contributed by atoms with Gasteiger partial charge in [0.15, 0.2) is 0 Å². The first kappa shape index (κ1) is 18.2. The molecule has 0 aromatic heterocycles. The second-order valence-electron chi connectivity index (χ2n) is 3.29. The molecule has 2 nitrogen and oxygen atoms in total. The number of hydrogen-bond donors (Lipinski definition) is 0. The van der Waals surface area contributed by atoms with Crippen molar-refractivity contribution in [3.63, 3.8) is 0 Å². The molecule has 0 saturated carbocycles. The van der Waals surface area contributed by atoms with E-state index in [1.165, 1.54) is 19.3 Å². The molecule has 7 heteroatoms. The van der Waals surface area contributed by atoms with E-state index in [2.05, 4.69) is 10.6 Å². The molecule has 0 spiro atoms. The van der Waals surface area contributed by atoms with E-state index < -0.39 is 13.9 Å².